The maximum Gasteiger partial charge on any atom is 0.309 e. The van der Waals surface area contributed by atoms with E-state index in [0.29, 0.717) is 35.7 Å². The second kappa shape index (κ2) is 6.74. The lowest BCUT2D eigenvalue weighted by Crippen LogP contribution is -2.58. The predicted molar refractivity (Wildman–Crippen MR) is 108 cm³/mol. The van der Waals surface area contributed by atoms with Crippen LogP contribution in [0.15, 0.2) is 0 Å². The maximum atomic E-state index is 12.2. The molecule has 0 aromatic heterocycles. The van der Waals surface area contributed by atoms with Gasteiger partial charge in [-0.2, -0.15) is 0 Å². The zero-order valence-corrected chi connectivity index (χ0v) is 18.1. The standard InChI is InChI=1S/C24H38O4/c1-15(2)20(25)28-14-17-13-24-11-8-18-22(3,19(24)7-6-16(17)12-24)9-5-10-23(18,4)21(26)27/h15-19H,5-14H2,1-4H3,(H,26,27). The summed E-state index contributed by atoms with van der Waals surface area (Å²) in [6, 6.07) is 0. The molecule has 0 heterocycles. The van der Waals surface area contributed by atoms with Crippen LogP contribution in [0, 0.1) is 45.8 Å². The number of ether oxygens (including phenoxy) is 1. The van der Waals surface area contributed by atoms with E-state index in [0.717, 1.165) is 19.3 Å². The van der Waals surface area contributed by atoms with Gasteiger partial charge in [0.25, 0.3) is 0 Å². The van der Waals surface area contributed by atoms with E-state index >= 15 is 0 Å². The number of fused-ring (bicyclic) bond motifs is 3. The Bertz CT molecular complexity index is 657. The van der Waals surface area contributed by atoms with Gasteiger partial charge in [0.05, 0.1) is 17.9 Å². The van der Waals surface area contributed by atoms with E-state index in [1.165, 1.54) is 38.5 Å². The van der Waals surface area contributed by atoms with Crippen LogP contribution in [0.3, 0.4) is 0 Å². The Morgan fingerprint density at radius 3 is 2.46 bits per heavy atom. The Morgan fingerprint density at radius 1 is 1.04 bits per heavy atom. The van der Waals surface area contributed by atoms with Gasteiger partial charge in [-0.1, -0.05) is 27.2 Å². The fourth-order valence-corrected chi connectivity index (χ4v) is 8.39. The molecule has 4 aliphatic rings. The molecule has 7 atom stereocenters. The Morgan fingerprint density at radius 2 is 1.79 bits per heavy atom. The summed E-state index contributed by atoms with van der Waals surface area (Å²) in [5.74, 6) is 1.41. The first kappa shape index (κ1) is 20.2. The second-order valence-electron chi connectivity index (χ2n) is 11.4. The van der Waals surface area contributed by atoms with Crippen molar-refractivity contribution >= 4 is 11.9 Å². The van der Waals surface area contributed by atoms with Crippen molar-refractivity contribution in [2.24, 2.45) is 45.8 Å². The normalized spacial score (nSPS) is 47.3. The highest BCUT2D eigenvalue weighted by atomic mass is 16.5. The number of carboxylic acids is 1. The number of rotatable bonds is 4. The molecule has 0 aliphatic heterocycles. The van der Waals surface area contributed by atoms with Crippen LogP contribution >= 0.6 is 0 Å². The Balaban J connectivity index is 1.55. The van der Waals surface area contributed by atoms with E-state index in [4.69, 9.17) is 4.74 Å². The maximum absolute atomic E-state index is 12.2. The number of hydrogen-bond acceptors (Lipinski definition) is 3. The summed E-state index contributed by atoms with van der Waals surface area (Å²) in [7, 11) is 0. The average Bonchev–Trinajstić information content (AvgIpc) is 2.89. The first-order valence-electron chi connectivity index (χ1n) is 11.5. The van der Waals surface area contributed by atoms with E-state index in [9.17, 15) is 14.7 Å². The molecule has 0 aromatic rings. The van der Waals surface area contributed by atoms with Crippen LogP contribution in [0.25, 0.3) is 0 Å². The third-order valence-corrected chi connectivity index (χ3v) is 9.67. The highest BCUT2D eigenvalue weighted by Crippen LogP contribution is 2.72. The SMILES string of the molecule is CC(C)C(=O)OCC1CC23CCC4C(C)(C(=O)O)CCCC4(C)C2CCC1C3. The van der Waals surface area contributed by atoms with Gasteiger partial charge in [0.2, 0.25) is 0 Å². The molecular weight excluding hydrogens is 352 g/mol. The summed E-state index contributed by atoms with van der Waals surface area (Å²) in [5, 5.41) is 10.0. The minimum Gasteiger partial charge on any atom is -0.481 e. The molecule has 158 valence electrons. The van der Waals surface area contributed by atoms with Gasteiger partial charge in [-0.15, -0.1) is 0 Å². The highest BCUT2D eigenvalue weighted by Gasteiger charge is 2.65. The Hall–Kier alpha value is -1.06. The molecule has 0 radical (unpaired) electrons. The van der Waals surface area contributed by atoms with Crippen LogP contribution in [0.1, 0.15) is 85.5 Å². The van der Waals surface area contributed by atoms with Crippen molar-refractivity contribution in [3.63, 3.8) is 0 Å². The van der Waals surface area contributed by atoms with Gasteiger partial charge >= 0.3 is 11.9 Å². The first-order valence-corrected chi connectivity index (χ1v) is 11.5. The highest BCUT2D eigenvalue weighted by molar-refractivity contribution is 5.75. The van der Waals surface area contributed by atoms with Crippen molar-refractivity contribution < 1.29 is 19.4 Å². The smallest absolute Gasteiger partial charge is 0.309 e. The van der Waals surface area contributed by atoms with Crippen molar-refractivity contribution in [1.82, 2.24) is 0 Å². The summed E-state index contributed by atoms with van der Waals surface area (Å²) in [5.41, 5.74) is -0.0474. The Labute approximate surface area is 169 Å². The minimum absolute atomic E-state index is 0.0584. The van der Waals surface area contributed by atoms with Crippen LogP contribution in [0.4, 0.5) is 0 Å². The van der Waals surface area contributed by atoms with Crippen molar-refractivity contribution in [2.75, 3.05) is 6.61 Å². The summed E-state index contributed by atoms with van der Waals surface area (Å²) < 4.78 is 5.65. The molecule has 0 saturated heterocycles. The van der Waals surface area contributed by atoms with Gasteiger partial charge in [-0.05, 0) is 92.8 Å². The number of hydrogen-bond donors (Lipinski definition) is 1. The number of carboxylic acid groups (broad SMARTS) is 1. The van der Waals surface area contributed by atoms with Gasteiger partial charge in [0.15, 0.2) is 0 Å². The quantitative estimate of drug-likeness (QED) is 0.662. The average molecular weight is 391 g/mol. The summed E-state index contributed by atoms with van der Waals surface area (Å²) in [4.78, 5) is 24.2. The number of carbonyl (C=O) groups excluding carboxylic acids is 1. The molecule has 1 N–H and O–H groups in total. The molecule has 2 bridgehead atoms. The van der Waals surface area contributed by atoms with Crippen LogP contribution in [-0.2, 0) is 14.3 Å². The van der Waals surface area contributed by atoms with Crippen molar-refractivity contribution in [2.45, 2.75) is 85.5 Å². The van der Waals surface area contributed by atoms with E-state index in [1.807, 2.05) is 20.8 Å². The molecule has 4 aliphatic carbocycles. The van der Waals surface area contributed by atoms with E-state index in [-0.39, 0.29) is 17.3 Å². The molecule has 4 fully saturated rings. The lowest BCUT2D eigenvalue weighted by Gasteiger charge is -2.63. The zero-order valence-electron chi connectivity index (χ0n) is 18.1. The molecule has 4 heteroatoms. The molecule has 0 amide bonds. The Kier molecular flexibility index (Phi) is 4.87. The van der Waals surface area contributed by atoms with Crippen LogP contribution < -0.4 is 0 Å². The lowest BCUT2D eigenvalue weighted by molar-refractivity contribution is -0.181. The molecule has 28 heavy (non-hydrogen) atoms. The molecule has 4 nitrogen and oxygen atoms in total. The van der Waals surface area contributed by atoms with Crippen LogP contribution in [-0.4, -0.2) is 23.7 Å². The van der Waals surface area contributed by atoms with Gasteiger partial charge in [-0.25, -0.2) is 0 Å². The summed E-state index contributed by atoms with van der Waals surface area (Å²) in [6.45, 7) is 8.83. The molecule has 4 saturated carbocycles. The summed E-state index contributed by atoms with van der Waals surface area (Å²) in [6.07, 6.45) is 10.2. The van der Waals surface area contributed by atoms with E-state index in [2.05, 4.69) is 6.92 Å². The van der Waals surface area contributed by atoms with Gasteiger partial charge < -0.3 is 9.84 Å². The number of aliphatic carboxylic acids is 1. The molecular formula is C24H38O4. The van der Waals surface area contributed by atoms with Gasteiger partial charge in [-0.3, -0.25) is 9.59 Å². The monoisotopic (exact) mass is 390 g/mol. The fourth-order valence-electron chi connectivity index (χ4n) is 8.39. The van der Waals surface area contributed by atoms with Gasteiger partial charge in [0.1, 0.15) is 0 Å². The first-order chi connectivity index (χ1) is 13.1. The van der Waals surface area contributed by atoms with Gasteiger partial charge in [0, 0.05) is 0 Å². The second-order valence-corrected chi connectivity index (χ2v) is 11.4. The molecule has 0 aromatic carbocycles. The topological polar surface area (TPSA) is 63.6 Å². The van der Waals surface area contributed by atoms with E-state index < -0.39 is 11.4 Å². The number of esters is 1. The molecule has 4 rings (SSSR count). The largest absolute Gasteiger partial charge is 0.481 e. The van der Waals surface area contributed by atoms with Crippen molar-refractivity contribution in [3.8, 4) is 0 Å². The summed E-state index contributed by atoms with van der Waals surface area (Å²) >= 11 is 0. The lowest BCUT2D eigenvalue weighted by atomic mass is 9.41. The molecule has 1 spiro atoms. The fraction of sp³-hybridized carbons (Fsp3) is 0.917. The van der Waals surface area contributed by atoms with Crippen LogP contribution in [0.5, 0.6) is 0 Å². The molecule has 7 unspecified atom stereocenters. The zero-order chi connectivity index (χ0) is 20.3. The van der Waals surface area contributed by atoms with Crippen molar-refractivity contribution in [1.29, 1.82) is 0 Å². The van der Waals surface area contributed by atoms with Crippen LogP contribution in [0.2, 0.25) is 0 Å². The third-order valence-electron chi connectivity index (χ3n) is 9.67. The number of carbonyl (C=O) groups is 2. The van der Waals surface area contributed by atoms with E-state index in [1.54, 1.807) is 0 Å². The third kappa shape index (κ3) is 2.84. The predicted octanol–water partition coefficient (Wildman–Crippen LogP) is 5.30. The van der Waals surface area contributed by atoms with Crippen molar-refractivity contribution in [3.05, 3.63) is 0 Å². The minimum atomic E-state index is -0.585.